The third kappa shape index (κ3) is 5.32. The Morgan fingerprint density at radius 2 is 2.14 bits per heavy atom. The monoisotopic (exact) mass is 355 g/mol. The number of fused-ring (bicyclic) bond motifs is 1. The van der Waals surface area contributed by atoms with Crippen LogP contribution in [0.3, 0.4) is 0 Å². The first kappa shape index (κ1) is 18.5. The number of carbonyl (C=O) groups excluding carboxylic acids is 1. The molecule has 2 N–H and O–H groups in total. The van der Waals surface area contributed by atoms with E-state index in [1.165, 1.54) is 23.5 Å². The lowest BCUT2D eigenvalue weighted by Gasteiger charge is -2.08. The van der Waals surface area contributed by atoms with E-state index >= 15 is 0 Å². The van der Waals surface area contributed by atoms with Crippen LogP contribution < -0.4 is 15.4 Å². The van der Waals surface area contributed by atoms with Gasteiger partial charge in [0.2, 0.25) is 5.91 Å². The zero-order valence-electron chi connectivity index (χ0n) is 11.4. The maximum Gasteiger partial charge on any atom is 0.422 e. The molecule has 2 aromatic rings. The second-order valence-electron chi connectivity index (χ2n) is 4.13. The van der Waals surface area contributed by atoms with Gasteiger partial charge in [-0.2, -0.15) is 13.2 Å². The largest absolute Gasteiger partial charge is 0.484 e. The van der Waals surface area contributed by atoms with Gasteiger partial charge in [0, 0.05) is 0 Å². The van der Waals surface area contributed by atoms with Crippen molar-refractivity contribution < 1.29 is 22.7 Å². The van der Waals surface area contributed by atoms with E-state index in [1.807, 2.05) is 0 Å². The van der Waals surface area contributed by atoms with Gasteiger partial charge in [-0.15, -0.1) is 12.4 Å². The van der Waals surface area contributed by atoms with Gasteiger partial charge in [0.1, 0.15) is 5.75 Å². The number of anilines is 1. The number of halogens is 4. The minimum Gasteiger partial charge on any atom is -0.484 e. The van der Waals surface area contributed by atoms with Crippen molar-refractivity contribution in [3.05, 3.63) is 18.2 Å². The Morgan fingerprint density at radius 3 is 2.77 bits per heavy atom. The van der Waals surface area contributed by atoms with Gasteiger partial charge in [0.05, 0.1) is 16.8 Å². The molecule has 0 unspecified atom stereocenters. The second kappa shape index (κ2) is 7.61. The molecule has 0 aliphatic carbocycles. The van der Waals surface area contributed by atoms with Crippen molar-refractivity contribution >= 4 is 45.0 Å². The van der Waals surface area contributed by atoms with Crippen LogP contribution in [-0.4, -0.2) is 37.3 Å². The van der Waals surface area contributed by atoms with Crippen LogP contribution in [0.2, 0.25) is 0 Å². The van der Waals surface area contributed by atoms with Crippen molar-refractivity contribution in [2.24, 2.45) is 0 Å². The molecule has 1 aromatic heterocycles. The normalized spacial score (nSPS) is 11.1. The number of amides is 1. The van der Waals surface area contributed by atoms with Crippen LogP contribution in [0.1, 0.15) is 0 Å². The molecule has 0 atom stereocenters. The summed E-state index contributed by atoms with van der Waals surface area (Å²) >= 11 is 1.17. The number of aromatic nitrogens is 1. The highest BCUT2D eigenvalue weighted by Crippen LogP contribution is 2.29. The zero-order valence-corrected chi connectivity index (χ0v) is 13.0. The molecule has 0 aliphatic heterocycles. The van der Waals surface area contributed by atoms with Gasteiger partial charge in [0.25, 0.3) is 0 Å². The average Bonchev–Trinajstić information content (AvgIpc) is 2.76. The number of likely N-dealkylation sites (N-methyl/N-ethyl adjacent to an activating group) is 1. The molecule has 0 bridgehead atoms. The Morgan fingerprint density at radius 1 is 1.41 bits per heavy atom. The lowest BCUT2D eigenvalue weighted by molar-refractivity contribution is -0.153. The summed E-state index contributed by atoms with van der Waals surface area (Å²) in [6.45, 7) is -1.20. The Kier molecular flexibility index (Phi) is 6.39. The third-order valence-electron chi connectivity index (χ3n) is 2.35. The maximum absolute atomic E-state index is 12.1. The number of hydrogen-bond acceptors (Lipinski definition) is 5. The van der Waals surface area contributed by atoms with Gasteiger partial charge in [-0.05, 0) is 25.2 Å². The summed E-state index contributed by atoms with van der Waals surface area (Å²) in [4.78, 5) is 15.6. The number of thiazole rings is 1. The topological polar surface area (TPSA) is 63.2 Å². The van der Waals surface area contributed by atoms with Crippen LogP contribution >= 0.6 is 23.7 Å². The third-order valence-corrected chi connectivity index (χ3v) is 3.28. The molecule has 0 radical (unpaired) electrons. The Bertz CT molecular complexity index is 648. The standard InChI is InChI=1S/C12H12F3N3O2S.ClH/c1-16-5-10(19)18-11-17-8-3-2-7(4-9(8)21-11)20-6-12(13,14)15;/h2-4,16H,5-6H2,1H3,(H,17,18,19);1H. The molecule has 22 heavy (non-hydrogen) atoms. The minimum absolute atomic E-state index is 0. The molecule has 122 valence electrons. The first-order valence-corrected chi connectivity index (χ1v) is 6.73. The fourth-order valence-corrected chi connectivity index (χ4v) is 2.45. The van der Waals surface area contributed by atoms with E-state index in [-0.39, 0.29) is 30.6 Å². The summed E-state index contributed by atoms with van der Waals surface area (Å²) < 4.78 is 41.6. The van der Waals surface area contributed by atoms with Crippen molar-refractivity contribution in [2.75, 3.05) is 25.5 Å². The molecule has 0 fully saturated rings. The van der Waals surface area contributed by atoms with E-state index in [4.69, 9.17) is 0 Å². The van der Waals surface area contributed by atoms with Gasteiger partial charge in [-0.25, -0.2) is 4.98 Å². The summed E-state index contributed by atoms with van der Waals surface area (Å²) in [6.07, 6.45) is -4.38. The zero-order chi connectivity index (χ0) is 15.5. The van der Waals surface area contributed by atoms with Crippen molar-refractivity contribution in [1.82, 2.24) is 10.3 Å². The fourth-order valence-electron chi connectivity index (χ4n) is 1.54. The highest BCUT2D eigenvalue weighted by Gasteiger charge is 2.28. The summed E-state index contributed by atoms with van der Waals surface area (Å²) in [5.74, 6) is -0.137. The summed E-state index contributed by atoms with van der Waals surface area (Å²) in [6, 6.07) is 4.42. The van der Waals surface area contributed by atoms with E-state index in [2.05, 4.69) is 20.4 Å². The molecule has 1 amide bonds. The number of alkyl halides is 3. The maximum atomic E-state index is 12.1. The number of rotatable bonds is 5. The van der Waals surface area contributed by atoms with Gasteiger partial charge in [0.15, 0.2) is 11.7 Å². The van der Waals surface area contributed by atoms with Crippen molar-refractivity contribution in [2.45, 2.75) is 6.18 Å². The fraction of sp³-hybridized carbons (Fsp3) is 0.333. The molecular weight excluding hydrogens is 343 g/mol. The van der Waals surface area contributed by atoms with Crippen LogP contribution in [-0.2, 0) is 4.79 Å². The average molecular weight is 356 g/mol. The van der Waals surface area contributed by atoms with Crippen LogP contribution in [0.5, 0.6) is 5.75 Å². The van der Waals surface area contributed by atoms with E-state index in [0.717, 1.165) is 0 Å². The Balaban J connectivity index is 0.00000242. The highest BCUT2D eigenvalue weighted by atomic mass is 35.5. The van der Waals surface area contributed by atoms with Crippen LogP contribution in [0, 0.1) is 0 Å². The van der Waals surface area contributed by atoms with Crippen molar-refractivity contribution in [3.63, 3.8) is 0 Å². The molecule has 5 nitrogen and oxygen atoms in total. The highest BCUT2D eigenvalue weighted by molar-refractivity contribution is 7.22. The molecule has 0 spiro atoms. The lowest BCUT2D eigenvalue weighted by Crippen LogP contribution is -2.24. The smallest absolute Gasteiger partial charge is 0.422 e. The van der Waals surface area contributed by atoms with Crippen LogP contribution in [0.25, 0.3) is 10.2 Å². The van der Waals surface area contributed by atoms with Crippen molar-refractivity contribution in [3.8, 4) is 5.75 Å². The molecule has 10 heteroatoms. The number of hydrogen-bond donors (Lipinski definition) is 2. The quantitative estimate of drug-likeness (QED) is 0.865. The first-order chi connectivity index (χ1) is 9.87. The molecule has 1 aromatic carbocycles. The predicted octanol–water partition coefficient (Wildman–Crippen LogP) is 2.82. The Hall–Kier alpha value is -1.58. The number of benzene rings is 1. The minimum atomic E-state index is -4.38. The van der Waals surface area contributed by atoms with E-state index in [0.29, 0.717) is 15.3 Å². The molecular formula is C12H13ClF3N3O2S. The van der Waals surface area contributed by atoms with Gasteiger partial charge in [-0.3, -0.25) is 4.79 Å². The number of ether oxygens (including phenoxy) is 1. The Labute approximate surface area is 134 Å². The number of nitrogens with one attached hydrogen (secondary N) is 2. The molecule has 1 heterocycles. The van der Waals surface area contributed by atoms with Gasteiger partial charge in [-0.1, -0.05) is 11.3 Å². The second-order valence-corrected chi connectivity index (χ2v) is 5.16. The first-order valence-electron chi connectivity index (χ1n) is 5.92. The summed E-state index contributed by atoms with van der Waals surface area (Å²) in [5.41, 5.74) is 0.583. The lowest BCUT2D eigenvalue weighted by atomic mass is 10.3. The summed E-state index contributed by atoms with van der Waals surface area (Å²) in [7, 11) is 1.64. The van der Waals surface area contributed by atoms with Crippen LogP contribution in [0.15, 0.2) is 18.2 Å². The summed E-state index contributed by atoms with van der Waals surface area (Å²) in [5, 5.41) is 5.68. The molecule has 0 aliphatic rings. The van der Waals surface area contributed by atoms with Gasteiger partial charge < -0.3 is 15.4 Å². The number of nitrogens with zero attached hydrogens (tertiary/aromatic N) is 1. The van der Waals surface area contributed by atoms with E-state index in [1.54, 1.807) is 13.1 Å². The number of carbonyl (C=O) groups is 1. The van der Waals surface area contributed by atoms with E-state index < -0.39 is 12.8 Å². The van der Waals surface area contributed by atoms with E-state index in [9.17, 15) is 18.0 Å². The predicted molar refractivity (Wildman–Crippen MR) is 81.0 cm³/mol. The van der Waals surface area contributed by atoms with Gasteiger partial charge >= 0.3 is 6.18 Å². The van der Waals surface area contributed by atoms with Crippen LogP contribution in [0.4, 0.5) is 18.3 Å². The molecule has 0 saturated heterocycles. The SMILES string of the molecule is CNCC(=O)Nc1nc2ccc(OCC(F)(F)F)cc2s1.Cl. The molecule has 2 rings (SSSR count). The van der Waals surface area contributed by atoms with Crippen molar-refractivity contribution in [1.29, 1.82) is 0 Å². The molecule has 0 saturated carbocycles.